The monoisotopic (exact) mass is 392 g/mol. The lowest BCUT2D eigenvalue weighted by Gasteiger charge is -2.10. The van der Waals surface area contributed by atoms with Crippen LogP contribution in [0.3, 0.4) is 0 Å². The number of aryl methyl sites for hydroxylation is 2. The van der Waals surface area contributed by atoms with E-state index in [4.69, 9.17) is 9.47 Å². The van der Waals surface area contributed by atoms with Crippen LogP contribution in [0.2, 0.25) is 0 Å². The molecule has 1 heterocycles. The first kappa shape index (κ1) is 20.1. The van der Waals surface area contributed by atoms with E-state index in [0.29, 0.717) is 24.8 Å². The average Bonchev–Trinajstić information content (AvgIpc) is 2.71. The second kappa shape index (κ2) is 9.54. The Labute approximate surface area is 170 Å². The van der Waals surface area contributed by atoms with Crippen LogP contribution in [0.15, 0.2) is 54.7 Å². The summed E-state index contributed by atoms with van der Waals surface area (Å²) < 4.78 is 10.7. The van der Waals surface area contributed by atoms with Gasteiger partial charge in [-0.3, -0.25) is 4.79 Å². The van der Waals surface area contributed by atoms with E-state index in [9.17, 15) is 4.79 Å². The van der Waals surface area contributed by atoms with Crippen LogP contribution in [0.4, 0.5) is 11.6 Å². The number of benzene rings is 2. The van der Waals surface area contributed by atoms with Gasteiger partial charge in [0.15, 0.2) is 0 Å². The summed E-state index contributed by atoms with van der Waals surface area (Å²) in [4.78, 5) is 20.8. The van der Waals surface area contributed by atoms with Crippen molar-refractivity contribution < 1.29 is 14.3 Å². The minimum Gasteiger partial charge on any atom is -0.497 e. The number of rotatable bonds is 8. The molecule has 2 N–H and O–H groups in total. The van der Waals surface area contributed by atoms with Crippen molar-refractivity contribution in [1.82, 2.24) is 15.3 Å². The lowest BCUT2D eigenvalue weighted by Crippen LogP contribution is -2.29. The van der Waals surface area contributed by atoms with Crippen molar-refractivity contribution in [1.29, 1.82) is 0 Å². The summed E-state index contributed by atoms with van der Waals surface area (Å²) in [6.07, 6.45) is 1.56. The number of amides is 1. The molecule has 0 radical (unpaired) electrons. The van der Waals surface area contributed by atoms with Crippen molar-refractivity contribution in [2.45, 2.75) is 13.8 Å². The Bertz CT molecular complexity index is 954. The predicted molar refractivity (Wildman–Crippen MR) is 112 cm³/mol. The summed E-state index contributed by atoms with van der Waals surface area (Å²) in [5.41, 5.74) is 3.45. The molecule has 0 aliphatic rings. The van der Waals surface area contributed by atoms with Gasteiger partial charge in [0.25, 0.3) is 5.91 Å². The van der Waals surface area contributed by atoms with Crippen LogP contribution in [-0.2, 0) is 0 Å². The number of methoxy groups -OCH3 is 1. The van der Waals surface area contributed by atoms with Gasteiger partial charge in [-0.25, -0.2) is 9.97 Å². The Kier molecular flexibility index (Phi) is 6.63. The van der Waals surface area contributed by atoms with Crippen molar-refractivity contribution in [2.24, 2.45) is 0 Å². The van der Waals surface area contributed by atoms with Crippen molar-refractivity contribution in [2.75, 3.05) is 25.6 Å². The lowest BCUT2D eigenvalue weighted by atomic mass is 10.1. The molecule has 0 aliphatic heterocycles. The van der Waals surface area contributed by atoms with E-state index < -0.39 is 0 Å². The molecule has 0 aliphatic carbocycles. The Morgan fingerprint density at radius 1 is 1.00 bits per heavy atom. The highest BCUT2D eigenvalue weighted by molar-refractivity contribution is 5.92. The summed E-state index contributed by atoms with van der Waals surface area (Å²) in [6.45, 7) is 4.75. The molecule has 0 fully saturated rings. The van der Waals surface area contributed by atoms with Gasteiger partial charge in [-0.05, 0) is 67.4 Å². The second-order valence-electron chi connectivity index (χ2n) is 6.55. The zero-order valence-electron chi connectivity index (χ0n) is 16.7. The molecule has 150 valence electrons. The molecule has 0 saturated carbocycles. The molecule has 2 aromatic carbocycles. The Morgan fingerprint density at radius 3 is 2.38 bits per heavy atom. The normalized spacial score (nSPS) is 10.3. The van der Waals surface area contributed by atoms with Crippen LogP contribution < -0.4 is 20.1 Å². The van der Waals surface area contributed by atoms with Crippen LogP contribution in [0.5, 0.6) is 11.5 Å². The van der Waals surface area contributed by atoms with Crippen LogP contribution in [-0.4, -0.2) is 36.1 Å². The quantitative estimate of drug-likeness (QED) is 0.569. The molecule has 7 heteroatoms. The third-order valence-corrected chi connectivity index (χ3v) is 4.08. The zero-order chi connectivity index (χ0) is 20.6. The Balaban J connectivity index is 1.52. The maximum absolute atomic E-state index is 12.4. The summed E-state index contributed by atoms with van der Waals surface area (Å²) in [5, 5.41) is 5.94. The van der Waals surface area contributed by atoms with Crippen molar-refractivity contribution >= 4 is 17.5 Å². The third kappa shape index (κ3) is 5.93. The van der Waals surface area contributed by atoms with Crippen molar-refractivity contribution in [3.8, 4) is 11.5 Å². The van der Waals surface area contributed by atoms with Gasteiger partial charge in [0.2, 0.25) is 5.95 Å². The smallest absolute Gasteiger partial charge is 0.270 e. The number of nitrogens with zero attached hydrogens (tertiary/aromatic N) is 2. The zero-order valence-corrected chi connectivity index (χ0v) is 16.7. The molecule has 0 unspecified atom stereocenters. The van der Waals surface area contributed by atoms with E-state index in [2.05, 4.69) is 26.7 Å². The van der Waals surface area contributed by atoms with E-state index in [0.717, 1.165) is 22.6 Å². The van der Waals surface area contributed by atoms with Gasteiger partial charge in [0.05, 0.1) is 13.7 Å². The lowest BCUT2D eigenvalue weighted by molar-refractivity contribution is 0.0942. The number of hydrogen-bond acceptors (Lipinski definition) is 6. The molecular formula is C22H24N4O3. The fraction of sp³-hybridized carbons (Fsp3) is 0.227. The predicted octanol–water partition coefficient (Wildman–Crippen LogP) is 3.65. The molecule has 3 rings (SSSR count). The SMILES string of the molecule is COc1ccc(OCCNC(=O)c2ccnc(Nc3cc(C)cc(C)c3)n2)cc1. The van der Waals surface area contributed by atoms with Crippen LogP contribution in [0.1, 0.15) is 21.6 Å². The number of ether oxygens (including phenoxy) is 2. The molecule has 1 amide bonds. The van der Waals surface area contributed by atoms with Crippen molar-refractivity contribution in [3.63, 3.8) is 0 Å². The Hall–Kier alpha value is -3.61. The average molecular weight is 392 g/mol. The molecule has 0 atom stereocenters. The number of carbonyl (C=O) groups is 1. The fourth-order valence-corrected chi connectivity index (χ4v) is 2.82. The third-order valence-electron chi connectivity index (χ3n) is 4.08. The van der Waals surface area contributed by atoms with Gasteiger partial charge >= 0.3 is 0 Å². The van der Waals surface area contributed by atoms with Gasteiger partial charge in [-0.2, -0.15) is 0 Å². The molecule has 0 bridgehead atoms. The van der Waals surface area contributed by atoms with Gasteiger partial charge in [0, 0.05) is 11.9 Å². The maximum atomic E-state index is 12.4. The van der Waals surface area contributed by atoms with E-state index in [1.54, 1.807) is 19.4 Å². The van der Waals surface area contributed by atoms with Gasteiger partial charge in [0.1, 0.15) is 23.8 Å². The summed E-state index contributed by atoms with van der Waals surface area (Å²) in [6, 6.07) is 14.9. The standard InChI is InChI=1S/C22H24N4O3/c1-15-12-16(2)14-17(13-15)25-22-24-9-8-20(26-22)21(27)23-10-11-29-19-6-4-18(28-3)5-7-19/h4-9,12-14H,10-11H2,1-3H3,(H,23,27)(H,24,25,26). The Morgan fingerprint density at radius 2 is 1.69 bits per heavy atom. The largest absolute Gasteiger partial charge is 0.497 e. The summed E-state index contributed by atoms with van der Waals surface area (Å²) in [7, 11) is 1.61. The van der Waals surface area contributed by atoms with Crippen molar-refractivity contribution in [3.05, 3.63) is 71.5 Å². The minimum absolute atomic E-state index is 0.283. The molecule has 1 aromatic heterocycles. The van der Waals surface area contributed by atoms with E-state index in [-0.39, 0.29) is 11.6 Å². The first-order chi connectivity index (χ1) is 14.0. The first-order valence-electron chi connectivity index (χ1n) is 9.27. The van der Waals surface area contributed by atoms with Gasteiger partial charge in [-0.15, -0.1) is 0 Å². The number of aromatic nitrogens is 2. The number of nitrogens with one attached hydrogen (secondary N) is 2. The highest BCUT2D eigenvalue weighted by atomic mass is 16.5. The molecule has 29 heavy (non-hydrogen) atoms. The molecule has 0 spiro atoms. The first-order valence-corrected chi connectivity index (χ1v) is 9.27. The molecular weight excluding hydrogens is 368 g/mol. The van der Waals surface area contributed by atoms with Crippen LogP contribution in [0.25, 0.3) is 0 Å². The minimum atomic E-state index is -0.283. The maximum Gasteiger partial charge on any atom is 0.270 e. The summed E-state index contributed by atoms with van der Waals surface area (Å²) in [5.74, 6) is 1.56. The molecule has 7 nitrogen and oxygen atoms in total. The highest BCUT2D eigenvalue weighted by Crippen LogP contribution is 2.18. The fourth-order valence-electron chi connectivity index (χ4n) is 2.82. The van der Waals surface area contributed by atoms with Crippen LogP contribution in [0, 0.1) is 13.8 Å². The van der Waals surface area contributed by atoms with Crippen LogP contribution >= 0.6 is 0 Å². The summed E-state index contributed by atoms with van der Waals surface area (Å²) >= 11 is 0. The number of hydrogen-bond donors (Lipinski definition) is 2. The number of anilines is 2. The van der Waals surface area contributed by atoms with E-state index in [1.165, 1.54) is 0 Å². The number of carbonyl (C=O) groups excluding carboxylic acids is 1. The molecule has 3 aromatic rings. The highest BCUT2D eigenvalue weighted by Gasteiger charge is 2.09. The molecule has 0 saturated heterocycles. The van der Waals surface area contributed by atoms with Gasteiger partial charge < -0.3 is 20.1 Å². The topological polar surface area (TPSA) is 85.4 Å². The van der Waals surface area contributed by atoms with E-state index >= 15 is 0 Å². The second-order valence-corrected chi connectivity index (χ2v) is 6.55. The van der Waals surface area contributed by atoms with Gasteiger partial charge in [-0.1, -0.05) is 6.07 Å². The van der Waals surface area contributed by atoms with E-state index in [1.807, 2.05) is 50.2 Å².